The van der Waals surface area contributed by atoms with Crippen LogP contribution < -0.4 is 11.1 Å². The number of nitrogens with two attached hydrogens (primary N) is 1. The van der Waals surface area contributed by atoms with Gasteiger partial charge in [-0.2, -0.15) is 0 Å². The molecule has 0 aliphatic carbocycles. The lowest BCUT2D eigenvalue weighted by Gasteiger charge is -2.07. The number of anilines is 2. The van der Waals surface area contributed by atoms with Gasteiger partial charge in [0.05, 0.1) is 0 Å². The molecule has 4 nitrogen and oxygen atoms in total. The molecule has 0 aliphatic rings. The Bertz CT molecular complexity index is 531. The smallest absolute Gasteiger partial charge is 0.169 e. The van der Waals surface area contributed by atoms with Gasteiger partial charge in [-0.15, -0.1) is 0 Å². The third-order valence-electron chi connectivity index (χ3n) is 2.18. The molecule has 0 amide bonds. The molecule has 17 heavy (non-hydrogen) atoms. The molecule has 6 heteroatoms. The van der Waals surface area contributed by atoms with Crippen LogP contribution in [-0.4, -0.2) is 9.97 Å². The number of benzene rings is 1. The fourth-order valence-corrected chi connectivity index (χ4v) is 1.34. The minimum atomic E-state index is -0.490. The Morgan fingerprint density at radius 1 is 1.18 bits per heavy atom. The van der Waals surface area contributed by atoms with Gasteiger partial charge in [-0.05, 0) is 18.2 Å². The van der Waals surface area contributed by atoms with Gasteiger partial charge < -0.3 is 11.1 Å². The summed E-state index contributed by atoms with van der Waals surface area (Å²) in [6.07, 6.45) is 2.91. The fourth-order valence-electron chi connectivity index (χ4n) is 1.34. The van der Waals surface area contributed by atoms with Crippen molar-refractivity contribution in [3.63, 3.8) is 0 Å². The Balaban J connectivity index is 2.12. The van der Waals surface area contributed by atoms with E-state index in [2.05, 4.69) is 15.3 Å². The summed E-state index contributed by atoms with van der Waals surface area (Å²) in [5, 5.41) is 2.79. The van der Waals surface area contributed by atoms with Crippen LogP contribution >= 0.6 is 0 Å². The van der Waals surface area contributed by atoms with Crippen molar-refractivity contribution in [1.82, 2.24) is 9.97 Å². The molecule has 0 fully saturated rings. The van der Waals surface area contributed by atoms with Crippen molar-refractivity contribution in [3.8, 4) is 0 Å². The van der Waals surface area contributed by atoms with Gasteiger partial charge in [0.2, 0.25) is 0 Å². The summed E-state index contributed by atoms with van der Waals surface area (Å²) in [4.78, 5) is 7.75. The average molecular weight is 236 g/mol. The number of nitrogens with zero attached hydrogens (tertiary/aromatic N) is 2. The summed E-state index contributed by atoms with van der Waals surface area (Å²) in [6, 6.07) is 3.26. The Hall–Kier alpha value is -2.24. The van der Waals surface area contributed by atoms with Crippen LogP contribution in [0.2, 0.25) is 0 Å². The molecule has 0 unspecified atom stereocenters. The van der Waals surface area contributed by atoms with Gasteiger partial charge in [-0.25, -0.2) is 18.7 Å². The molecule has 1 aromatic carbocycles. The molecule has 2 aromatic rings. The van der Waals surface area contributed by atoms with Gasteiger partial charge >= 0.3 is 0 Å². The molecule has 0 aliphatic heterocycles. The van der Waals surface area contributed by atoms with Crippen molar-refractivity contribution in [1.29, 1.82) is 0 Å². The van der Waals surface area contributed by atoms with E-state index in [0.29, 0.717) is 5.82 Å². The van der Waals surface area contributed by atoms with Crippen molar-refractivity contribution < 1.29 is 8.78 Å². The van der Waals surface area contributed by atoms with Crippen molar-refractivity contribution in [2.45, 2.75) is 6.54 Å². The van der Waals surface area contributed by atoms with Gasteiger partial charge in [0, 0.05) is 24.5 Å². The van der Waals surface area contributed by atoms with Crippen molar-refractivity contribution >= 4 is 11.6 Å². The van der Waals surface area contributed by atoms with Crippen LogP contribution in [0.5, 0.6) is 0 Å². The molecule has 0 atom stereocenters. The summed E-state index contributed by atoms with van der Waals surface area (Å²) in [6.45, 7) is 0.0898. The first-order valence-electron chi connectivity index (χ1n) is 4.91. The minimum Gasteiger partial charge on any atom is -0.381 e. The molecule has 0 bridgehead atoms. The van der Waals surface area contributed by atoms with E-state index in [1.54, 1.807) is 0 Å². The number of halogens is 2. The number of hydrogen-bond donors (Lipinski definition) is 2. The molecule has 88 valence electrons. The third-order valence-corrected chi connectivity index (χ3v) is 2.18. The monoisotopic (exact) mass is 236 g/mol. The first kappa shape index (κ1) is 11.3. The highest BCUT2D eigenvalue weighted by atomic mass is 19.1. The van der Waals surface area contributed by atoms with Crippen LogP contribution in [0.1, 0.15) is 5.56 Å². The summed E-state index contributed by atoms with van der Waals surface area (Å²) in [5.74, 6) is -0.419. The lowest BCUT2D eigenvalue weighted by molar-refractivity contribution is 0.587. The number of nitrogen functional groups attached to an aromatic ring is 1. The lowest BCUT2D eigenvalue weighted by atomic mass is 10.2. The first-order valence-corrected chi connectivity index (χ1v) is 4.91. The molecular formula is C11H10F2N4. The molecule has 0 saturated carbocycles. The zero-order valence-corrected chi connectivity index (χ0v) is 8.82. The van der Waals surface area contributed by atoms with Crippen LogP contribution in [-0.2, 0) is 6.54 Å². The molecule has 1 aromatic heterocycles. The zero-order chi connectivity index (χ0) is 12.3. The summed E-state index contributed by atoms with van der Waals surface area (Å²) in [7, 11) is 0. The molecule has 1 heterocycles. The Morgan fingerprint density at radius 2 is 1.94 bits per heavy atom. The minimum absolute atomic E-state index is 0.0898. The van der Waals surface area contributed by atoms with Crippen LogP contribution in [0, 0.1) is 11.6 Å². The second kappa shape index (κ2) is 4.73. The molecule has 0 saturated heterocycles. The van der Waals surface area contributed by atoms with Crippen LogP contribution in [0.25, 0.3) is 0 Å². The number of aromatic nitrogens is 2. The van der Waals surface area contributed by atoms with Crippen LogP contribution in [0.15, 0.2) is 30.6 Å². The number of rotatable bonds is 3. The summed E-state index contributed by atoms with van der Waals surface area (Å²) < 4.78 is 26.2. The van der Waals surface area contributed by atoms with E-state index in [1.807, 2.05) is 0 Å². The highest BCUT2D eigenvalue weighted by molar-refractivity contribution is 5.55. The highest BCUT2D eigenvalue weighted by Crippen LogP contribution is 2.14. The predicted octanol–water partition coefficient (Wildman–Crippen LogP) is 1.95. The quantitative estimate of drug-likeness (QED) is 0.854. The molecule has 0 radical (unpaired) electrons. The van der Waals surface area contributed by atoms with E-state index >= 15 is 0 Å². The molecule has 3 N–H and O–H groups in total. The lowest BCUT2D eigenvalue weighted by Crippen LogP contribution is -2.07. The average Bonchev–Trinajstić information content (AvgIpc) is 2.32. The second-order valence-corrected chi connectivity index (χ2v) is 3.38. The maximum Gasteiger partial charge on any atom is 0.169 e. The summed E-state index contributed by atoms with van der Waals surface area (Å²) >= 11 is 0. The zero-order valence-electron chi connectivity index (χ0n) is 8.82. The Morgan fingerprint density at radius 3 is 2.71 bits per heavy atom. The van der Waals surface area contributed by atoms with E-state index in [9.17, 15) is 8.78 Å². The number of hydrogen-bond acceptors (Lipinski definition) is 4. The van der Waals surface area contributed by atoms with Crippen molar-refractivity contribution in [3.05, 3.63) is 47.8 Å². The van der Waals surface area contributed by atoms with Crippen molar-refractivity contribution in [2.75, 3.05) is 11.1 Å². The Labute approximate surface area is 96.5 Å². The molecular weight excluding hydrogens is 226 g/mol. The van der Waals surface area contributed by atoms with E-state index in [4.69, 9.17) is 5.73 Å². The Kier molecular flexibility index (Phi) is 3.13. The molecule has 0 spiro atoms. The van der Waals surface area contributed by atoms with Crippen LogP contribution in [0.4, 0.5) is 20.4 Å². The normalized spacial score (nSPS) is 10.2. The first-order chi connectivity index (χ1) is 8.16. The van der Waals surface area contributed by atoms with Crippen molar-refractivity contribution in [2.24, 2.45) is 0 Å². The molecule has 2 rings (SSSR count). The topological polar surface area (TPSA) is 63.8 Å². The van der Waals surface area contributed by atoms with Crippen LogP contribution in [0.3, 0.4) is 0 Å². The van der Waals surface area contributed by atoms with E-state index in [1.165, 1.54) is 12.4 Å². The number of nitrogens with one attached hydrogen (secondary N) is 1. The highest BCUT2D eigenvalue weighted by Gasteiger charge is 2.05. The maximum absolute atomic E-state index is 13.3. The SMILES string of the molecule is Nc1nccnc1NCc1cc(F)ccc1F. The van der Waals surface area contributed by atoms with E-state index < -0.39 is 11.6 Å². The predicted molar refractivity (Wildman–Crippen MR) is 60.1 cm³/mol. The third kappa shape index (κ3) is 2.66. The largest absolute Gasteiger partial charge is 0.381 e. The maximum atomic E-state index is 13.3. The second-order valence-electron chi connectivity index (χ2n) is 3.38. The van der Waals surface area contributed by atoms with Gasteiger partial charge in [0.25, 0.3) is 0 Å². The fraction of sp³-hybridized carbons (Fsp3) is 0.0909. The van der Waals surface area contributed by atoms with Gasteiger partial charge in [0.1, 0.15) is 11.6 Å². The van der Waals surface area contributed by atoms with Gasteiger partial charge in [0.15, 0.2) is 11.6 Å². The van der Waals surface area contributed by atoms with E-state index in [0.717, 1.165) is 18.2 Å². The van der Waals surface area contributed by atoms with E-state index in [-0.39, 0.29) is 17.9 Å². The van der Waals surface area contributed by atoms with Gasteiger partial charge in [-0.3, -0.25) is 0 Å². The standard InChI is InChI=1S/C11H10F2N4/c12-8-1-2-9(13)7(5-8)6-17-11-10(14)15-3-4-16-11/h1-5H,6H2,(H2,14,15)(H,16,17). The van der Waals surface area contributed by atoms with Gasteiger partial charge in [-0.1, -0.05) is 0 Å². The summed E-state index contributed by atoms with van der Waals surface area (Å²) in [5.41, 5.74) is 5.75.